The zero-order chi connectivity index (χ0) is 24.1. The molecule has 34 heavy (non-hydrogen) atoms. The van der Waals surface area contributed by atoms with E-state index in [4.69, 9.17) is 14.2 Å². The fourth-order valence-corrected chi connectivity index (χ4v) is 4.27. The molecule has 0 unspecified atom stereocenters. The molecule has 2 aromatic heterocycles. The molecule has 0 fully saturated rings. The second-order valence-electron chi connectivity index (χ2n) is 7.63. The standard InChI is InChI=1S/C25H25N3O5S/c1-4-5-6-13-32-19-10-8-18(9-11-19)23-26-25-28(27-23)24(30)22(34-25)15-17-7-12-20(33-16(2)29)21(14-17)31-3/h7-12,14-15H,4-6,13H2,1-3H3/b22-15+. The number of carbonyl (C=O) groups excluding carboxylic acids is 1. The number of thiazole rings is 1. The minimum absolute atomic E-state index is 0.252. The van der Waals surface area contributed by atoms with Crippen molar-refractivity contribution < 1.29 is 19.0 Å². The fraction of sp³-hybridized carbons (Fsp3) is 0.280. The lowest BCUT2D eigenvalue weighted by molar-refractivity contribution is -0.132. The first-order valence-corrected chi connectivity index (χ1v) is 11.8. The number of hydrogen-bond donors (Lipinski definition) is 0. The van der Waals surface area contributed by atoms with Crippen molar-refractivity contribution in [3.05, 3.63) is 62.9 Å². The predicted molar refractivity (Wildman–Crippen MR) is 131 cm³/mol. The van der Waals surface area contributed by atoms with Crippen LogP contribution in [0.15, 0.2) is 47.3 Å². The largest absolute Gasteiger partial charge is 0.494 e. The quantitative estimate of drug-likeness (QED) is 0.204. The third kappa shape index (κ3) is 5.26. The van der Waals surface area contributed by atoms with E-state index >= 15 is 0 Å². The molecule has 176 valence electrons. The predicted octanol–water partition coefficient (Wildman–Crippen LogP) is 3.87. The first kappa shape index (κ1) is 23.4. The van der Waals surface area contributed by atoms with E-state index in [-0.39, 0.29) is 5.56 Å². The van der Waals surface area contributed by atoms with Gasteiger partial charge in [0.1, 0.15) is 5.75 Å². The number of hydrogen-bond acceptors (Lipinski definition) is 8. The molecular weight excluding hydrogens is 454 g/mol. The SMILES string of the molecule is CCCCCOc1ccc(-c2nc3s/c(=C/c4ccc(OC(C)=O)c(OC)c4)c(=O)n3n2)cc1. The molecule has 0 saturated heterocycles. The summed E-state index contributed by atoms with van der Waals surface area (Å²) >= 11 is 1.25. The molecule has 0 radical (unpaired) electrons. The molecular formula is C25H25N3O5S. The fourth-order valence-electron chi connectivity index (χ4n) is 3.36. The second kappa shape index (κ2) is 10.5. The Hall–Kier alpha value is -3.72. The summed E-state index contributed by atoms with van der Waals surface area (Å²) in [6.07, 6.45) is 5.07. The maximum atomic E-state index is 12.9. The van der Waals surface area contributed by atoms with E-state index in [1.807, 2.05) is 24.3 Å². The molecule has 0 N–H and O–H groups in total. The monoisotopic (exact) mass is 479 g/mol. The summed E-state index contributed by atoms with van der Waals surface area (Å²) in [6.45, 7) is 4.18. The maximum absolute atomic E-state index is 12.9. The molecule has 9 heteroatoms. The van der Waals surface area contributed by atoms with E-state index < -0.39 is 5.97 Å². The van der Waals surface area contributed by atoms with Crippen LogP contribution in [0.3, 0.4) is 0 Å². The molecule has 0 amide bonds. The van der Waals surface area contributed by atoms with Crippen LogP contribution in [-0.4, -0.2) is 34.3 Å². The highest BCUT2D eigenvalue weighted by Gasteiger charge is 2.13. The van der Waals surface area contributed by atoms with E-state index in [1.165, 1.54) is 29.9 Å². The van der Waals surface area contributed by atoms with Crippen LogP contribution in [0.1, 0.15) is 38.7 Å². The number of carbonyl (C=O) groups is 1. The minimum atomic E-state index is -0.438. The first-order valence-electron chi connectivity index (χ1n) is 11.0. The summed E-state index contributed by atoms with van der Waals surface area (Å²) in [6, 6.07) is 12.6. The van der Waals surface area contributed by atoms with Gasteiger partial charge in [0, 0.05) is 12.5 Å². The molecule has 8 nitrogen and oxygen atoms in total. The van der Waals surface area contributed by atoms with Crippen molar-refractivity contribution in [1.29, 1.82) is 0 Å². The van der Waals surface area contributed by atoms with Crippen LogP contribution in [-0.2, 0) is 4.79 Å². The van der Waals surface area contributed by atoms with Crippen LogP contribution >= 0.6 is 11.3 Å². The zero-order valence-corrected chi connectivity index (χ0v) is 20.1. The van der Waals surface area contributed by atoms with Gasteiger partial charge in [0.05, 0.1) is 18.2 Å². The van der Waals surface area contributed by atoms with Crippen LogP contribution in [0.2, 0.25) is 0 Å². The molecule has 0 aliphatic heterocycles. The number of unbranched alkanes of at least 4 members (excludes halogenated alkanes) is 2. The number of ether oxygens (including phenoxy) is 3. The van der Waals surface area contributed by atoms with Gasteiger partial charge in [0.2, 0.25) is 4.96 Å². The Balaban J connectivity index is 1.56. The van der Waals surface area contributed by atoms with Gasteiger partial charge in [-0.25, -0.2) is 0 Å². The molecule has 0 bridgehead atoms. The number of rotatable bonds is 9. The van der Waals surface area contributed by atoms with E-state index in [0.717, 1.165) is 36.1 Å². The van der Waals surface area contributed by atoms with Crippen molar-refractivity contribution in [2.45, 2.75) is 33.1 Å². The smallest absolute Gasteiger partial charge is 0.308 e. The van der Waals surface area contributed by atoms with Crippen LogP contribution in [0, 0.1) is 0 Å². The number of esters is 1. The summed E-state index contributed by atoms with van der Waals surface area (Å²) in [5.74, 6) is 1.57. The van der Waals surface area contributed by atoms with Crippen LogP contribution in [0.4, 0.5) is 0 Å². The topological polar surface area (TPSA) is 92.0 Å². The van der Waals surface area contributed by atoms with Gasteiger partial charge in [0.25, 0.3) is 5.56 Å². The lowest BCUT2D eigenvalue weighted by atomic mass is 10.2. The number of benzene rings is 2. The highest BCUT2D eigenvalue weighted by Crippen LogP contribution is 2.28. The second-order valence-corrected chi connectivity index (χ2v) is 8.64. The number of nitrogens with zero attached hydrogens (tertiary/aromatic N) is 3. The average Bonchev–Trinajstić information content (AvgIpc) is 3.37. The van der Waals surface area contributed by atoms with E-state index in [0.29, 0.717) is 33.4 Å². The third-order valence-corrected chi connectivity index (χ3v) is 6.01. The van der Waals surface area contributed by atoms with Gasteiger partial charge in [0.15, 0.2) is 17.3 Å². The van der Waals surface area contributed by atoms with Crippen LogP contribution in [0.5, 0.6) is 17.2 Å². The highest BCUT2D eigenvalue weighted by molar-refractivity contribution is 7.15. The Bertz CT molecular complexity index is 1410. The summed E-state index contributed by atoms with van der Waals surface area (Å²) in [4.78, 5) is 29.2. The van der Waals surface area contributed by atoms with Crippen molar-refractivity contribution in [3.8, 4) is 28.6 Å². The minimum Gasteiger partial charge on any atom is -0.494 e. The number of aromatic nitrogens is 3. The van der Waals surface area contributed by atoms with Crippen LogP contribution < -0.4 is 24.3 Å². The Kier molecular flexibility index (Phi) is 7.22. The van der Waals surface area contributed by atoms with Crippen molar-refractivity contribution in [3.63, 3.8) is 0 Å². The van der Waals surface area contributed by atoms with Gasteiger partial charge in [-0.3, -0.25) is 9.59 Å². The lowest BCUT2D eigenvalue weighted by Crippen LogP contribution is -2.23. The van der Waals surface area contributed by atoms with Gasteiger partial charge >= 0.3 is 5.97 Å². The zero-order valence-electron chi connectivity index (χ0n) is 19.2. The molecule has 0 aliphatic carbocycles. The molecule has 2 aromatic carbocycles. The van der Waals surface area contributed by atoms with Crippen molar-refractivity contribution >= 4 is 28.3 Å². The first-order chi connectivity index (χ1) is 16.5. The highest BCUT2D eigenvalue weighted by atomic mass is 32.1. The Morgan fingerprint density at radius 2 is 1.91 bits per heavy atom. The van der Waals surface area contributed by atoms with E-state index in [2.05, 4.69) is 17.0 Å². The lowest BCUT2D eigenvalue weighted by Gasteiger charge is -2.08. The molecule has 2 heterocycles. The normalized spacial score (nSPS) is 11.7. The van der Waals surface area contributed by atoms with Gasteiger partial charge in [-0.05, 0) is 54.5 Å². The number of methoxy groups -OCH3 is 1. The molecule has 0 atom stereocenters. The molecule has 0 saturated carbocycles. The summed E-state index contributed by atoms with van der Waals surface area (Å²) in [5, 5.41) is 4.40. The Morgan fingerprint density at radius 1 is 1.12 bits per heavy atom. The average molecular weight is 480 g/mol. The van der Waals surface area contributed by atoms with Gasteiger partial charge in [-0.15, -0.1) is 5.10 Å². The van der Waals surface area contributed by atoms with Gasteiger partial charge < -0.3 is 14.2 Å². The van der Waals surface area contributed by atoms with Crippen molar-refractivity contribution in [2.24, 2.45) is 0 Å². The third-order valence-electron chi connectivity index (χ3n) is 5.05. The van der Waals surface area contributed by atoms with Crippen molar-refractivity contribution in [1.82, 2.24) is 14.6 Å². The maximum Gasteiger partial charge on any atom is 0.308 e. The van der Waals surface area contributed by atoms with E-state index in [1.54, 1.807) is 24.3 Å². The molecule has 4 rings (SSSR count). The van der Waals surface area contributed by atoms with Gasteiger partial charge in [-0.1, -0.05) is 37.2 Å². The summed E-state index contributed by atoms with van der Waals surface area (Å²) in [7, 11) is 1.49. The van der Waals surface area contributed by atoms with Crippen LogP contribution in [0.25, 0.3) is 22.4 Å². The Morgan fingerprint density at radius 3 is 2.59 bits per heavy atom. The molecule has 4 aromatic rings. The molecule has 0 spiro atoms. The summed E-state index contributed by atoms with van der Waals surface area (Å²) in [5.41, 5.74) is 1.29. The van der Waals surface area contributed by atoms with E-state index in [9.17, 15) is 9.59 Å². The Labute approximate surface area is 200 Å². The summed E-state index contributed by atoms with van der Waals surface area (Å²) < 4.78 is 18.0. The van der Waals surface area contributed by atoms with Crippen molar-refractivity contribution in [2.75, 3.05) is 13.7 Å². The molecule has 0 aliphatic rings. The number of fused-ring (bicyclic) bond motifs is 1. The van der Waals surface area contributed by atoms with Gasteiger partial charge in [-0.2, -0.15) is 9.50 Å².